The second-order valence-electron chi connectivity index (χ2n) is 4.74. The van der Waals surface area contributed by atoms with Crippen LogP contribution in [-0.2, 0) is 13.1 Å². The average Bonchev–Trinajstić information content (AvgIpc) is 2.49. The van der Waals surface area contributed by atoms with Crippen LogP contribution in [0.1, 0.15) is 24.7 Å². The predicted molar refractivity (Wildman–Crippen MR) is 80.4 cm³/mol. The smallest absolute Gasteiger partial charge is 0.151 e. The van der Waals surface area contributed by atoms with Crippen molar-refractivity contribution in [1.29, 1.82) is 0 Å². The third-order valence-electron chi connectivity index (χ3n) is 2.96. The van der Waals surface area contributed by atoms with Crippen LogP contribution in [0, 0.1) is 0 Å². The van der Waals surface area contributed by atoms with Gasteiger partial charge < -0.3 is 10.2 Å². The van der Waals surface area contributed by atoms with Gasteiger partial charge in [-0.25, -0.2) is 0 Å². The van der Waals surface area contributed by atoms with E-state index in [0.29, 0.717) is 0 Å². The molecule has 5 nitrogen and oxygen atoms in total. The van der Waals surface area contributed by atoms with Crippen LogP contribution in [-0.4, -0.2) is 28.8 Å². The second-order valence-corrected chi connectivity index (χ2v) is 4.74. The van der Waals surface area contributed by atoms with E-state index in [1.54, 1.807) is 6.20 Å². The zero-order valence-electron chi connectivity index (χ0n) is 12.1. The van der Waals surface area contributed by atoms with Gasteiger partial charge in [0.05, 0.1) is 17.9 Å². The van der Waals surface area contributed by atoms with Gasteiger partial charge in [0.1, 0.15) is 0 Å². The average molecular weight is 271 g/mol. The van der Waals surface area contributed by atoms with Crippen molar-refractivity contribution in [3.63, 3.8) is 0 Å². The molecule has 0 aliphatic heterocycles. The standard InChI is InChI=1S/C15H21N5/c1-3-9-16-11-13-7-8-15(19-18-13)20(2)12-14-6-4-5-10-17-14/h4-8,10,16H,3,9,11-12H2,1-2H3. The first-order valence-electron chi connectivity index (χ1n) is 6.94. The van der Waals surface area contributed by atoms with Crippen LogP contribution in [0.4, 0.5) is 5.82 Å². The fourth-order valence-corrected chi connectivity index (χ4v) is 1.86. The monoisotopic (exact) mass is 271 g/mol. The summed E-state index contributed by atoms with van der Waals surface area (Å²) in [7, 11) is 1.99. The highest BCUT2D eigenvalue weighted by Gasteiger charge is 2.05. The van der Waals surface area contributed by atoms with Gasteiger partial charge in [-0.3, -0.25) is 4.98 Å². The Kier molecular flexibility index (Phi) is 5.43. The molecule has 2 aromatic heterocycles. The van der Waals surface area contributed by atoms with Gasteiger partial charge in [-0.1, -0.05) is 13.0 Å². The molecular formula is C15H21N5. The molecule has 0 radical (unpaired) electrons. The molecule has 106 valence electrons. The molecule has 2 aromatic rings. The number of nitrogens with one attached hydrogen (secondary N) is 1. The number of anilines is 1. The number of nitrogens with zero attached hydrogens (tertiary/aromatic N) is 4. The highest BCUT2D eigenvalue weighted by molar-refractivity contribution is 5.36. The first-order valence-corrected chi connectivity index (χ1v) is 6.94. The van der Waals surface area contributed by atoms with Crippen LogP contribution in [0.3, 0.4) is 0 Å². The molecule has 0 bridgehead atoms. The molecule has 2 heterocycles. The van der Waals surface area contributed by atoms with Gasteiger partial charge in [0.15, 0.2) is 5.82 Å². The summed E-state index contributed by atoms with van der Waals surface area (Å²) in [5, 5.41) is 11.8. The Labute approximate surface area is 120 Å². The molecule has 0 saturated carbocycles. The molecule has 0 aliphatic carbocycles. The lowest BCUT2D eigenvalue weighted by atomic mass is 10.3. The minimum absolute atomic E-state index is 0.725. The predicted octanol–water partition coefficient (Wildman–Crippen LogP) is 2.01. The normalized spacial score (nSPS) is 10.5. The fourth-order valence-electron chi connectivity index (χ4n) is 1.86. The van der Waals surface area contributed by atoms with E-state index in [4.69, 9.17) is 0 Å². The SMILES string of the molecule is CCCNCc1ccc(N(C)Cc2ccccn2)nn1. The third kappa shape index (κ3) is 4.28. The van der Waals surface area contributed by atoms with Crippen LogP contribution >= 0.6 is 0 Å². The van der Waals surface area contributed by atoms with Gasteiger partial charge in [-0.05, 0) is 37.2 Å². The number of pyridine rings is 1. The first-order chi connectivity index (χ1) is 9.79. The Morgan fingerprint density at radius 1 is 1.10 bits per heavy atom. The largest absolute Gasteiger partial charge is 0.352 e. The topological polar surface area (TPSA) is 53.9 Å². The van der Waals surface area contributed by atoms with E-state index >= 15 is 0 Å². The maximum atomic E-state index is 4.31. The molecule has 2 rings (SSSR count). The number of aromatic nitrogens is 3. The van der Waals surface area contributed by atoms with Gasteiger partial charge in [-0.15, -0.1) is 5.10 Å². The molecule has 0 atom stereocenters. The lowest BCUT2D eigenvalue weighted by molar-refractivity contribution is 0.655. The van der Waals surface area contributed by atoms with Crippen molar-refractivity contribution in [2.24, 2.45) is 0 Å². The summed E-state index contributed by atoms with van der Waals surface area (Å²) in [6.45, 7) is 4.64. The van der Waals surface area contributed by atoms with Crippen molar-refractivity contribution < 1.29 is 0 Å². The maximum Gasteiger partial charge on any atom is 0.151 e. The molecule has 0 aromatic carbocycles. The Bertz CT molecular complexity index is 497. The van der Waals surface area contributed by atoms with Crippen LogP contribution in [0.25, 0.3) is 0 Å². The van der Waals surface area contributed by atoms with E-state index in [1.165, 1.54) is 0 Å². The highest BCUT2D eigenvalue weighted by Crippen LogP contribution is 2.10. The summed E-state index contributed by atoms with van der Waals surface area (Å²) in [6.07, 6.45) is 2.93. The van der Waals surface area contributed by atoms with Gasteiger partial charge in [0, 0.05) is 19.8 Å². The summed E-state index contributed by atoms with van der Waals surface area (Å²) >= 11 is 0. The molecule has 0 aliphatic rings. The van der Waals surface area contributed by atoms with Gasteiger partial charge in [0.2, 0.25) is 0 Å². The Hall–Kier alpha value is -2.01. The second kappa shape index (κ2) is 7.55. The minimum atomic E-state index is 0.725. The highest BCUT2D eigenvalue weighted by atomic mass is 15.2. The van der Waals surface area contributed by atoms with Crippen molar-refractivity contribution in [2.75, 3.05) is 18.5 Å². The summed E-state index contributed by atoms with van der Waals surface area (Å²) < 4.78 is 0. The zero-order chi connectivity index (χ0) is 14.2. The quantitative estimate of drug-likeness (QED) is 0.781. The van der Waals surface area contributed by atoms with Crippen LogP contribution in [0.15, 0.2) is 36.5 Å². The molecule has 1 N–H and O–H groups in total. The van der Waals surface area contributed by atoms with Gasteiger partial charge in [0.25, 0.3) is 0 Å². The molecule has 0 fully saturated rings. The van der Waals surface area contributed by atoms with Crippen LogP contribution in [0.2, 0.25) is 0 Å². The molecule has 20 heavy (non-hydrogen) atoms. The van der Waals surface area contributed by atoms with E-state index < -0.39 is 0 Å². The lowest BCUT2D eigenvalue weighted by Gasteiger charge is -2.17. The number of hydrogen-bond acceptors (Lipinski definition) is 5. The van der Waals surface area contributed by atoms with Crippen molar-refractivity contribution in [1.82, 2.24) is 20.5 Å². The van der Waals surface area contributed by atoms with Gasteiger partial charge in [-0.2, -0.15) is 5.10 Å². The number of rotatable bonds is 7. The molecule has 0 amide bonds. The first kappa shape index (κ1) is 14.4. The maximum absolute atomic E-state index is 4.31. The van der Waals surface area contributed by atoms with Crippen LogP contribution < -0.4 is 10.2 Å². The summed E-state index contributed by atoms with van der Waals surface area (Å²) in [4.78, 5) is 6.35. The lowest BCUT2D eigenvalue weighted by Crippen LogP contribution is -2.20. The molecular weight excluding hydrogens is 250 g/mol. The number of hydrogen-bond donors (Lipinski definition) is 1. The molecule has 0 saturated heterocycles. The van der Waals surface area contributed by atoms with E-state index in [-0.39, 0.29) is 0 Å². The third-order valence-corrected chi connectivity index (χ3v) is 2.96. The fraction of sp³-hybridized carbons (Fsp3) is 0.400. The van der Waals surface area contributed by atoms with Crippen molar-refractivity contribution in [2.45, 2.75) is 26.4 Å². The van der Waals surface area contributed by atoms with E-state index in [2.05, 4.69) is 27.4 Å². The Morgan fingerprint density at radius 2 is 2.00 bits per heavy atom. The summed E-state index contributed by atoms with van der Waals surface area (Å²) in [6, 6.07) is 9.93. The molecule has 5 heteroatoms. The van der Waals surface area contributed by atoms with E-state index in [0.717, 1.165) is 43.3 Å². The van der Waals surface area contributed by atoms with E-state index in [1.807, 2.05) is 42.3 Å². The van der Waals surface area contributed by atoms with Gasteiger partial charge >= 0.3 is 0 Å². The summed E-state index contributed by atoms with van der Waals surface area (Å²) in [5.74, 6) is 0.856. The van der Waals surface area contributed by atoms with Crippen molar-refractivity contribution in [3.8, 4) is 0 Å². The zero-order valence-corrected chi connectivity index (χ0v) is 12.1. The van der Waals surface area contributed by atoms with Crippen molar-refractivity contribution >= 4 is 5.82 Å². The molecule has 0 spiro atoms. The molecule has 0 unspecified atom stereocenters. The Morgan fingerprint density at radius 3 is 2.65 bits per heavy atom. The van der Waals surface area contributed by atoms with Crippen molar-refractivity contribution in [3.05, 3.63) is 47.9 Å². The van der Waals surface area contributed by atoms with E-state index in [9.17, 15) is 0 Å². The minimum Gasteiger partial charge on any atom is -0.352 e. The summed E-state index contributed by atoms with van der Waals surface area (Å²) in [5.41, 5.74) is 1.99. The Balaban J connectivity index is 1.92. The van der Waals surface area contributed by atoms with Crippen LogP contribution in [0.5, 0.6) is 0 Å².